The van der Waals surface area contributed by atoms with Gasteiger partial charge >= 0.3 is 5.91 Å². The largest absolute Gasteiger partial charge is 0.329 e. The van der Waals surface area contributed by atoms with Crippen LogP contribution in [-0.2, 0) is 14.5 Å². The Hall–Kier alpha value is -0.860. The molecule has 4 nitrogen and oxygen atoms in total. The van der Waals surface area contributed by atoms with Crippen LogP contribution in [0.1, 0.15) is 0 Å². The Kier molecular flexibility index (Phi) is 2.84. The predicted molar refractivity (Wildman–Crippen MR) is 47.0 cm³/mol. The smallest absolute Gasteiger partial charge is 0.315 e. The Balaban J connectivity index is 2.84. The molecule has 1 amide bonds. The molecule has 0 aromatic carbocycles. The van der Waals surface area contributed by atoms with E-state index in [-0.39, 0.29) is 0 Å². The van der Waals surface area contributed by atoms with E-state index in [1.807, 2.05) is 5.92 Å². The van der Waals surface area contributed by atoms with Crippen LogP contribution in [0.5, 0.6) is 0 Å². The van der Waals surface area contributed by atoms with Crippen LogP contribution in [0.2, 0.25) is 0 Å². The third-order valence-electron chi connectivity index (χ3n) is 1.57. The number of hydrogen-bond acceptors (Lipinski definition) is 3. The van der Waals surface area contributed by atoms with Gasteiger partial charge in [-0.05, 0) is 5.92 Å². The van der Waals surface area contributed by atoms with Gasteiger partial charge in [-0.2, -0.15) is 4.36 Å². The lowest BCUT2D eigenvalue weighted by Crippen LogP contribution is -2.36. The number of hydrogen-bond donors (Lipinski definition) is 1. The summed E-state index contributed by atoms with van der Waals surface area (Å²) in [5.74, 6) is 1.96. The van der Waals surface area contributed by atoms with Gasteiger partial charge in [0.2, 0.25) is 0 Å². The van der Waals surface area contributed by atoms with Crippen LogP contribution in [0.3, 0.4) is 0 Å². The van der Waals surface area contributed by atoms with E-state index in [0.717, 1.165) is 0 Å². The summed E-state index contributed by atoms with van der Waals surface area (Å²) in [6.45, 7) is 1.28. The van der Waals surface area contributed by atoms with Crippen molar-refractivity contribution in [2.24, 2.45) is 4.36 Å². The third kappa shape index (κ3) is 2.32. The first-order valence-electron chi connectivity index (χ1n) is 3.60. The molecule has 0 bridgehead atoms. The van der Waals surface area contributed by atoms with Gasteiger partial charge in [-0.15, -0.1) is 6.42 Å². The lowest BCUT2D eigenvalue weighted by atomic mass is 10.6. The van der Waals surface area contributed by atoms with Gasteiger partial charge in [0.15, 0.2) is 0 Å². The second kappa shape index (κ2) is 3.70. The van der Waals surface area contributed by atoms with Gasteiger partial charge in [0.25, 0.3) is 0 Å². The molecule has 0 aromatic heterocycles. The second-order valence-corrected chi connectivity index (χ2v) is 5.02. The van der Waals surface area contributed by atoms with Gasteiger partial charge < -0.3 is 5.32 Å². The van der Waals surface area contributed by atoms with E-state index in [4.69, 9.17) is 6.42 Å². The van der Waals surface area contributed by atoms with Crippen LogP contribution in [0.25, 0.3) is 0 Å². The maximum absolute atomic E-state index is 11.7. The number of carbonyl (C=O) groups is 1. The molecule has 12 heavy (non-hydrogen) atoms. The van der Waals surface area contributed by atoms with Crippen molar-refractivity contribution in [2.75, 3.05) is 24.6 Å². The zero-order valence-electron chi connectivity index (χ0n) is 6.58. The average molecular weight is 186 g/mol. The van der Waals surface area contributed by atoms with E-state index in [2.05, 4.69) is 9.68 Å². The van der Waals surface area contributed by atoms with Crippen LogP contribution in [0, 0.1) is 12.3 Å². The number of carbonyl (C=O) groups excluding carboxylic acids is 1. The molecule has 5 heteroatoms. The van der Waals surface area contributed by atoms with Crippen molar-refractivity contribution in [1.82, 2.24) is 5.32 Å². The first-order chi connectivity index (χ1) is 5.66. The zero-order valence-corrected chi connectivity index (χ0v) is 7.39. The van der Waals surface area contributed by atoms with Crippen molar-refractivity contribution in [3.8, 4) is 12.3 Å². The van der Waals surface area contributed by atoms with E-state index >= 15 is 0 Å². The van der Waals surface area contributed by atoms with Crippen molar-refractivity contribution >= 4 is 15.6 Å². The number of nitrogens with one attached hydrogen (secondary N) is 1. The van der Waals surface area contributed by atoms with Crippen molar-refractivity contribution in [1.29, 1.82) is 0 Å². The predicted octanol–water partition coefficient (Wildman–Crippen LogP) is -0.783. The molecule has 1 N–H and O–H groups in total. The fourth-order valence-electron chi connectivity index (χ4n) is 0.959. The number of terminal acetylenes is 1. The maximum Gasteiger partial charge on any atom is 0.329 e. The maximum atomic E-state index is 11.7. The van der Waals surface area contributed by atoms with Crippen LogP contribution in [0.15, 0.2) is 4.36 Å². The molecule has 0 atom stereocenters. The molecule has 1 saturated heterocycles. The Bertz CT molecular complexity index is 322. The fraction of sp³-hybridized carbons (Fsp3) is 0.571. The van der Waals surface area contributed by atoms with Crippen LogP contribution >= 0.6 is 0 Å². The van der Waals surface area contributed by atoms with Gasteiger partial charge in [0, 0.05) is 24.6 Å². The topological polar surface area (TPSA) is 58.5 Å². The van der Waals surface area contributed by atoms with Crippen molar-refractivity contribution in [3.05, 3.63) is 0 Å². The summed E-state index contributed by atoms with van der Waals surface area (Å²) in [6, 6.07) is 0. The van der Waals surface area contributed by atoms with E-state index in [1.54, 1.807) is 0 Å². The first kappa shape index (κ1) is 9.23. The fourth-order valence-corrected chi connectivity index (χ4v) is 2.63. The number of amides is 1. The van der Waals surface area contributed by atoms with Crippen LogP contribution < -0.4 is 5.32 Å². The van der Waals surface area contributed by atoms with Gasteiger partial charge in [0.1, 0.15) is 0 Å². The van der Waals surface area contributed by atoms with E-state index in [9.17, 15) is 9.00 Å². The van der Waals surface area contributed by atoms with Crippen molar-refractivity contribution in [2.45, 2.75) is 0 Å². The van der Waals surface area contributed by atoms with E-state index in [0.29, 0.717) is 24.6 Å². The quantitative estimate of drug-likeness (QED) is 0.505. The molecule has 1 aliphatic rings. The van der Waals surface area contributed by atoms with E-state index < -0.39 is 15.6 Å². The third-order valence-corrected chi connectivity index (χ3v) is 3.75. The zero-order chi connectivity index (χ0) is 9.03. The summed E-state index contributed by atoms with van der Waals surface area (Å²) in [6.07, 6.45) is 4.81. The number of rotatable bonds is 0. The summed E-state index contributed by atoms with van der Waals surface area (Å²) in [5, 5.41) is 3.03. The summed E-state index contributed by atoms with van der Waals surface area (Å²) < 4.78 is 15.2. The van der Waals surface area contributed by atoms with Gasteiger partial charge in [-0.1, -0.05) is 0 Å². The highest BCUT2D eigenvalue weighted by Crippen LogP contribution is 1.99. The molecule has 66 valence electrons. The molecule has 0 saturated carbocycles. The highest BCUT2D eigenvalue weighted by atomic mass is 32.2. The summed E-state index contributed by atoms with van der Waals surface area (Å²) >= 11 is 0. The first-order valence-corrected chi connectivity index (χ1v) is 5.45. The Morgan fingerprint density at radius 3 is 2.58 bits per heavy atom. The lowest BCUT2D eigenvalue weighted by molar-refractivity contribution is -0.112. The highest BCUT2D eigenvalue weighted by Gasteiger charge is 2.14. The van der Waals surface area contributed by atoms with Gasteiger partial charge in [-0.25, -0.2) is 4.21 Å². The molecule has 1 aliphatic heterocycles. The summed E-state index contributed by atoms with van der Waals surface area (Å²) in [4.78, 5) is 10.7. The Morgan fingerprint density at radius 1 is 1.50 bits per heavy atom. The normalized spacial score (nSPS) is 20.9. The minimum atomic E-state index is -2.33. The number of nitrogens with zero attached hydrogens (tertiary/aromatic N) is 1. The molecular weight excluding hydrogens is 176 g/mol. The van der Waals surface area contributed by atoms with Crippen molar-refractivity contribution in [3.63, 3.8) is 0 Å². The van der Waals surface area contributed by atoms with Gasteiger partial charge in [-0.3, -0.25) is 4.79 Å². The molecule has 1 fully saturated rings. The monoisotopic (exact) mass is 186 g/mol. The molecular formula is C7H10N2O2S. The minimum absolute atomic E-state index is 0.417. The Labute approximate surface area is 71.9 Å². The molecule has 0 radical (unpaired) electrons. The molecule has 0 aromatic rings. The van der Waals surface area contributed by atoms with E-state index in [1.165, 1.54) is 0 Å². The molecule has 1 heterocycles. The van der Waals surface area contributed by atoms with Crippen LogP contribution in [0.4, 0.5) is 0 Å². The van der Waals surface area contributed by atoms with Crippen LogP contribution in [-0.4, -0.2) is 34.7 Å². The Morgan fingerprint density at radius 2 is 2.08 bits per heavy atom. The molecule has 1 rings (SSSR count). The molecule has 0 unspecified atom stereocenters. The molecule has 0 spiro atoms. The standard InChI is InChI=1S/C7H10N2O2S/c1-2-7(10)9-12(11)5-3-8-4-6-12/h1,8H,3-6H2. The molecule has 0 aliphatic carbocycles. The van der Waals surface area contributed by atoms with Crippen molar-refractivity contribution < 1.29 is 9.00 Å². The lowest BCUT2D eigenvalue weighted by Gasteiger charge is -2.15. The minimum Gasteiger partial charge on any atom is -0.315 e. The SMILES string of the molecule is C#CC(=O)N=S1(=O)CCNCC1. The summed E-state index contributed by atoms with van der Waals surface area (Å²) in [7, 11) is -2.33. The average Bonchev–Trinajstić information content (AvgIpc) is 2.05. The second-order valence-electron chi connectivity index (χ2n) is 2.47. The summed E-state index contributed by atoms with van der Waals surface area (Å²) in [5.41, 5.74) is 0. The van der Waals surface area contributed by atoms with Gasteiger partial charge in [0.05, 0.1) is 9.73 Å². The highest BCUT2D eigenvalue weighted by molar-refractivity contribution is 7.94.